The first kappa shape index (κ1) is 35.8. The fraction of sp³-hybridized carbons (Fsp3) is 0.250. The fourth-order valence-electron chi connectivity index (χ4n) is 3.76. The van der Waals surface area contributed by atoms with Gasteiger partial charge in [-0.2, -0.15) is 0 Å². The van der Waals surface area contributed by atoms with Crippen molar-refractivity contribution in [2.75, 3.05) is 11.5 Å². The Hall–Kier alpha value is -3.36. The molecule has 4 N–H and O–H groups in total. The van der Waals surface area contributed by atoms with Gasteiger partial charge in [0.1, 0.15) is 20.0 Å². The van der Waals surface area contributed by atoms with Gasteiger partial charge >= 0.3 is 20.4 Å². The molecular weight excluding hydrogens is 675 g/mol. The Kier molecular flexibility index (Phi) is 11.6. The van der Waals surface area contributed by atoms with Gasteiger partial charge in [0.25, 0.3) is 0 Å². The van der Waals surface area contributed by atoms with Gasteiger partial charge in [-0.15, -0.1) is 11.4 Å². The molecule has 0 radical (unpaired) electrons. The third-order valence-electron chi connectivity index (χ3n) is 6.35. The number of anilines is 2. The van der Waals surface area contributed by atoms with Gasteiger partial charge in [0.15, 0.2) is 0 Å². The molecule has 0 amide bonds. The summed E-state index contributed by atoms with van der Waals surface area (Å²) in [5.41, 5.74) is 14.8. The second-order valence-corrected chi connectivity index (χ2v) is 15.0. The SMILES string of the molecule is CC(C)(C)c1ccc(S(=O)(=O)[N-]c2ccccc2N)cc1.CC(C)(C)c1ccc(S(=O)(=O)[N-]c2ccccc2N)cc1.[Pd+2]. The third kappa shape index (κ3) is 9.83. The molecule has 43 heavy (non-hydrogen) atoms. The maximum Gasteiger partial charge on any atom is 2.00 e. The molecule has 8 nitrogen and oxygen atoms in total. The van der Waals surface area contributed by atoms with E-state index in [1.54, 1.807) is 72.8 Å². The minimum Gasteiger partial charge on any atom is -0.571 e. The zero-order valence-corrected chi connectivity index (χ0v) is 28.2. The Labute approximate surface area is 270 Å². The Morgan fingerprint density at radius 1 is 0.488 bits per heavy atom. The number of sulfonamides is 2. The smallest absolute Gasteiger partial charge is 0.571 e. The number of hydrogen-bond acceptors (Lipinski definition) is 6. The van der Waals surface area contributed by atoms with Gasteiger partial charge in [0.05, 0.1) is 9.79 Å². The number of benzene rings is 4. The van der Waals surface area contributed by atoms with E-state index in [0.29, 0.717) is 11.4 Å². The number of nitrogens with two attached hydrogens (primary N) is 2. The second kappa shape index (κ2) is 14.0. The van der Waals surface area contributed by atoms with E-state index in [1.165, 1.54) is 0 Å². The summed E-state index contributed by atoms with van der Waals surface area (Å²) in [4.78, 5) is 0.331. The molecule has 0 unspecified atom stereocenters. The van der Waals surface area contributed by atoms with Gasteiger partial charge in [-0.3, -0.25) is 0 Å². The van der Waals surface area contributed by atoms with Crippen molar-refractivity contribution in [3.63, 3.8) is 0 Å². The van der Waals surface area contributed by atoms with Crippen molar-refractivity contribution in [2.45, 2.75) is 62.2 Å². The molecule has 0 atom stereocenters. The van der Waals surface area contributed by atoms with Crippen LogP contribution >= 0.6 is 0 Å². The van der Waals surface area contributed by atoms with Gasteiger partial charge in [-0.05, 0) is 58.4 Å². The van der Waals surface area contributed by atoms with E-state index < -0.39 is 20.0 Å². The Bertz CT molecular complexity index is 1600. The number of nitrogens with zero attached hydrogens (tertiary/aromatic N) is 2. The molecule has 0 aromatic heterocycles. The largest absolute Gasteiger partial charge is 2.00 e. The van der Waals surface area contributed by atoms with Crippen LogP contribution in [-0.4, -0.2) is 16.8 Å². The molecule has 0 saturated heterocycles. The van der Waals surface area contributed by atoms with Crippen LogP contribution in [0.1, 0.15) is 52.7 Å². The van der Waals surface area contributed by atoms with Crippen molar-refractivity contribution in [3.8, 4) is 0 Å². The van der Waals surface area contributed by atoms with Crippen LogP contribution in [0.25, 0.3) is 9.44 Å². The first-order chi connectivity index (χ1) is 19.4. The fourth-order valence-corrected chi connectivity index (χ4v) is 5.78. The van der Waals surface area contributed by atoms with E-state index in [0.717, 1.165) is 11.1 Å². The van der Waals surface area contributed by atoms with E-state index in [1.807, 2.05) is 24.3 Å². The number of hydrogen-bond donors (Lipinski definition) is 2. The Balaban J connectivity index is 0.000000293. The maximum atomic E-state index is 12.3. The molecule has 0 spiro atoms. The van der Waals surface area contributed by atoms with Crippen molar-refractivity contribution in [3.05, 3.63) is 118 Å². The van der Waals surface area contributed by atoms with Gasteiger partial charge in [-0.25, -0.2) is 16.8 Å². The molecule has 4 aromatic carbocycles. The summed E-state index contributed by atoms with van der Waals surface area (Å²) in [6, 6.07) is 26.9. The molecule has 0 saturated carbocycles. The average molecular weight is 713 g/mol. The number of rotatable bonds is 6. The third-order valence-corrected chi connectivity index (χ3v) is 8.96. The van der Waals surface area contributed by atoms with Crippen LogP contribution in [0.5, 0.6) is 0 Å². The van der Waals surface area contributed by atoms with E-state index in [-0.39, 0.29) is 52.4 Å². The molecule has 0 fully saturated rings. The predicted molar refractivity (Wildman–Crippen MR) is 172 cm³/mol. The normalized spacial score (nSPS) is 11.9. The summed E-state index contributed by atoms with van der Waals surface area (Å²) < 4.78 is 56.8. The number of nitrogen functional groups attached to an aromatic ring is 2. The van der Waals surface area contributed by atoms with Crippen LogP contribution in [-0.2, 0) is 51.3 Å². The quantitative estimate of drug-likeness (QED) is 0.153. The summed E-state index contributed by atoms with van der Waals surface area (Å²) >= 11 is 0. The van der Waals surface area contributed by atoms with E-state index in [4.69, 9.17) is 11.5 Å². The molecule has 11 heteroatoms. The van der Waals surface area contributed by atoms with Gasteiger partial charge in [0, 0.05) is 11.4 Å². The van der Waals surface area contributed by atoms with E-state index in [9.17, 15) is 16.8 Å². The van der Waals surface area contributed by atoms with Crippen molar-refractivity contribution in [1.29, 1.82) is 0 Å². The monoisotopic (exact) mass is 712 g/mol. The molecule has 232 valence electrons. The molecule has 4 rings (SSSR count). The van der Waals surface area contributed by atoms with Crippen LogP contribution in [0, 0.1) is 0 Å². The molecule has 0 bridgehead atoms. The minimum absolute atomic E-state index is 0. The van der Waals surface area contributed by atoms with Crippen LogP contribution in [0.4, 0.5) is 22.7 Å². The molecule has 4 aromatic rings. The van der Waals surface area contributed by atoms with E-state index in [2.05, 4.69) is 51.0 Å². The average Bonchev–Trinajstić information content (AvgIpc) is 2.91. The predicted octanol–water partition coefficient (Wildman–Crippen LogP) is 7.92. The molecule has 0 aliphatic carbocycles. The number of para-hydroxylation sites is 2. The zero-order chi connectivity index (χ0) is 31.3. The van der Waals surface area contributed by atoms with Crippen LogP contribution in [0.15, 0.2) is 107 Å². The summed E-state index contributed by atoms with van der Waals surface area (Å²) in [5.74, 6) is 0. The minimum atomic E-state index is -3.75. The van der Waals surface area contributed by atoms with Gasteiger partial charge in [-0.1, -0.05) is 102 Å². The summed E-state index contributed by atoms with van der Waals surface area (Å²) in [5, 5.41) is 0. The van der Waals surface area contributed by atoms with Crippen LogP contribution in [0.3, 0.4) is 0 Å². The van der Waals surface area contributed by atoms with Crippen LogP contribution in [0.2, 0.25) is 0 Å². The van der Waals surface area contributed by atoms with Crippen molar-refractivity contribution >= 4 is 42.8 Å². The zero-order valence-electron chi connectivity index (χ0n) is 25.1. The molecule has 0 aliphatic rings. The second-order valence-electron chi connectivity index (χ2n) is 11.8. The van der Waals surface area contributed by atoms with Crippen molar-refractivity contribution in [2.24, 2.45) is 0 Å². The van der Waals surface area contributed by atoms with Crippen molar-refractivity contribution < 1.29 is 37.3 Å². The van der Waals surface area contributed by atoms with Gasteiger partial charge < -0.3 is 20.9 Å². The standard InChI is InChI=1S/2C16H19N2O2S.Pd/c2*1-16(2,3)12-8-10-13(11-9-12)21(19,20)18-15-7-5-4-6-14(15)17;/h2*4-11H,17H2,1-3H3;/q2*-1;+2. The summed E-state index contributed by atoms with van der Waals surface area (Å²) in [6.07, 6.45) is 0. The first-order valence-corrected chi connectivity index (χ1v) is 16.1. The summed E-state index contributed by atoms with van der Waals surface area (Å²) in [6.45, 7) is 12.4. The van der Waals surface area contributed by atoms with Gasteiger partial charge in [0.2, 0.25) is 0 Å². The first-order valence-electron chi connectivity index (χ1n) is 13.3. The van der Waals surface area contributed by atoms with Crippen LogP contribution < -0.4 is 11.5 Å². The Morgan fingerprint density at radius 2 is 0.767 bits per heavy atom. The van der Waals surface area contributed by atoms with E-state index >= 15 is 0 Å². The maximum absolute atomic E-state index is 12.3. The molecule has 0 heterocycles. The van der Waals surface area contributed by atoms with Crippen molar-refractivity contribution in [1.82, 2.24) is 0 Å². The molecule has 0 aliphatic heterocycles. The molecular formula is C32H38N4O4PdS2. The summed E-state index contributed by atoms with van der Waals surface area (Å²) in [7, 11) is -7.51. The Morgan fingerprint density at radius 3 is 1.02 bits per heavy atom. The topological polar surface area (TPSA) is 149 Å².